The Kier molecular flexibility index (Phi) is 5.71. The van der Waals surface area contributed by atoms with Gasteiger partial charge in [0.25, 0.3) is 0 Å². The molecule has 0 aliphatic carbocycles. The molecule has 1 aliphatic rings. The van der Waals surface area contributed by atoms with Crippen LogP contribution in [0.5, 0.6) is 5.75 Å². The van der Waals surface area contributed by atoms with E-state index in [1.165, 1.54) is 4.31 Å². The van der Waals surface area contributed by atoms with Crippen molar-refractivity contribution in [2.45, 2.75) is 25.3 Å². The maximum atomic E-state index is 12.9. The van der Waals surface area contributed by atoms with E-state index in [0.717, 1.165) is 15.8 Å². The topological polar surface area (TPSA) is 75.9 Å². The standard InChI is InChI=1S/C17H22BrN3O4S/c1-12-17(13(2)25-19-12)26(22,23)21-8-6-20(7-9-21)11-14-10-15(18)4-5-16(14)24-3/h4-5,10H,6-9,11H2,1-3H3. The highest BCUT2D eigenvalue weighted by Crippen LogP contribution is 2.27. The van der Waals surface area contributed by atoms with Crippen LogP contribution in [-0.2, 0) is 16.6 Å². The van der Waals surface area contributed by atoms with Gasteiger partial charge in [0, 0.05) is 42.8 Å². The number of hydrogen-bond donors (Lipinski definition) is 0. The molecule has 1 fully saturated rings. The van der Waals surface area contributed by atoms with Crippen LogP contribution in [0.4, 0.5) is 0 Å². The zero-order chi connectivity index (χ0) is 18.9. The Morgan fingerprint density at radius 2 is 1.92 bits per heavy atom. The lowest BCUT2D eigenvalue weighted by atomic mass is 10.2. The van der Waals surface area contributed by atoms with Crippen LogP contribution in [0.3, 0.4) is 0 Å². The second kappa shape index (κ2) is 7.67. The Bertz CT molecular complexity index is 870. The molecule has 0 N–H and O–H groups in total. The number of benzene rings is 1. The molecule has 1 aliphatic heterocycles. The van der Waals surface area contributed by atoms with E-state index in [1.54, 1.807) is 21.0 Å². The number of sulfonamides is 1. The van der Waals surface area contributed by atoms with Gasteiger partial charge in [-0.05, 0) is 32.0 Å². The molecule has 1 aromatic heterocycles. The van der Waals surface area contributed by atoms with Gasteiger partial charge in [0.05, 0.1) is 7.11 Å². The second-order valence-corrected chi connectivity index (χ2v) is 9.08. The average Bonchev–Trinajstić information content (AvgIpc) is 2.95. The van der Waals surface area contributed by atoms with E-state index < -0.39 is 10.0 Å². The Balaban J connectivity index is 1.69. The molecule has 1 aromatic carbocycles. The molecule has 0 amide bonds. The normalized spacial score (nSPS) is 16.8. The van der Waals surface area contributed by atoms with E-state index in [-0.39, 0.29) is 4.90 Å². The van der Waals surface area contributed by atoms with Gasteiger partial charge in [-0.3, -0.25) is 4.90 Å². The lowest BCUT2D eigenvalue weighted by molar-refractivity contribution is 0.180. The summed E-state index contributed by atoms with van der Waals surface area (Å²) in [6, 6.07) is 5.90. The summed E-state index contributed by atoms with van der Waals surface area (Å²) in [6.07, 6.45) is 0. The van der Waals surface area contributed by atoms with E-state index in [0.29, 0.717) is 44.2 Å². The van der Waals surface area contributed by atoms with Gasteiger partial charge in [0.1, 0.15) is 16.3 Å². The van der Waals surface area contributed by atoms with Gasteiger partial charge in [-0.25, -0.2) is 8.42 Å². The fraction of sp³-hybridized carbons (Fsp3) is 0.471. The van der Waals surface area contributed by atoms with Gasteiger partial charge in [-0.2, -0.15) is 4.31 Å². The highest BCUT2D eigenvalue weighted by Gasteiger charge is 2.33. The van der Waals surface area contributed by atoms with Crippen molar-refractivity contribution in [1.82, 2.24) is 14.4 Å². The number of rotatable bonds is 5. The Hall–Kier alpha value is -1.42. The number of hydrogen-bond acceptors (Lipinski definition) is 6. The first-order valence-electron chi connectivity index (χ1n) is 8.30. The predicted octanol–water partition coefficient (Wildman–Crippen LogP) is 2.57. The van der Waals surface area contributed by atoms with Crippen LogP contribution in [0.15, 0.2) is 32.1 Å². The van der Waals surface area contributed by atoms with Crippen LogP contribution >= 0.6 is 15.9 Å². The first-order chi connectivity index (χ1) is 12.3. The smallest absolute Gasteiger partial charge is 0.248 e. The van der Waals surface area contributed by atoms with Crippen LogP contribution in [0.1, 0.15) is 17.0 Å². The minimum Gasteiger partial charge on any atom is -0.496 e. The second-order valence-electron chi connectivity index (χ2n) is 6.29. The van der Waals surface area contributed by atoms with Gasteiger partial charge in [-0.15, -0.1) is 0 Å². The van der Waals surface area contributed by atoms with E-state index >= 15 is 0 Å². The number of piperazine rings is 1. The Morgan fingerprint density at radius 1 is 1.23 bits per heavy atom. The quantitative estimate of drug-likeness (QED) is 0.706. The largest absolute Gasteiger partial charge is 0.496 e. The van der Waals surface area contributed by atoms with E-state index in [1.807, 2.05) is 18.2 Å². The van der Waals surface area contributed by atoms with Crippen LogP contribution in [0, 0.1) is 13.8 Å². The molecule has 0 bridgehead atoms. The van der Waals surface area contributed by atoms with Gasteiger partial charge < -0.3 is 9.26 Å². The van der Waals surface area contributed by atoms with Crippen molar-refractivity contribution in [3.05, 3.63) is 39.7 Å². The zero-order valence-electron chi connectivity index (χ0n) is 15.0. The predicted molar refractivity (Wildman–Crippen MR) is 101 cm³/mol. The molecule has 0 spiro atoms. The lowest BCUT2D eigenvalue weighted by Gasteiger charge is -2.34. The molecule has 3 rings (SSSR count). The summed E-state index contributed by atoms with van der Waals surface area (Å²) in [5, 5.41) is 3.77. The molecule has 0 unspecified atom stereocenters. The SMILES string of the molecule is COc1ccc(Br)cc1CN1CCN(S(=O)(=O)c2c(C)noc2C)CC1. The maximum Gasteiger partial charge on any atom is 0.248 e. The third-order valence-corrected chi connectivity index (χ3v) is 7.17. The minimum absolute atomic E-state index is 0.194. The lowest BCUT2D eigenvalue weighted by Crippen LogP contribution is -2.48. The van der Waals surface area contributed by atoms with Crippen LogP contribution < -0.4 is 4.74 Å². The van der Waals surface area contributed by atoms with Crippen molar-refractivity contribution in [3.8, 4) is 5.75 Å². The first-order valence-corrected chi connectivity index (χ1v) is 10.5. The van der Waals surface area contributed by atoms with Gasteiger partial charge in [0.15, 0.2) is 5.76 Å². The molecule has 7 nitrogen and oxygen atoms in total. The van der Waals surface area contributed by atoms with Gasteiger partial charge >= 0.3 is 0 Å². The fourth-order valence-corrected chi connectivity index (χ4v) is 5.33. The fourth-order valence-electron chi connectivity index (χ4n) is 3.21. The molecule has 142 valence electrons. The third-order valence-electron chi connectivity index (χ3n) is 4.53. The van der Waals surface area contributed by atoms with Gasteiger partial charge in [0.2, 0.25) is 10.0 Å². The molecule has 0 radical (unpaired) electrons. The van der Waals surface area contributed by atoms with E-state index in [2.05, 4.69) is 26.0 Å². The highest BCUT2D eigenvalue weighted by molar-refractivity contribution is 9.10. The molecule has 2 heterocycles. The third kappa shape index (κ3) is 3.80. The number of aromatic nitrogens is 1. The number of nitrogens with zero attached hydrogens (tertiary/aromatic N) is 3. The molecule has 9 heteroatoms. The average molecular weight is 444 g/mol. The molecule has 1 saturated heterocycles. The van der Waals surface area contributed by atoms with Crippen LogP contribution in [-0.4, -0.2) is 56.1 Å². The molecule has 0 saturated carbocycles. The number of aryl methyl sites for hydroxylation is 2. The molecular weight excluding hydrogens is 422 g/mol. The molecule has 2 aromatic rings. The van der Waals surface area contributed by atoms with E-state index in [4.69, 9.17) is 9.26 Å². The van der Waals surface area contributed by atoms with Crippen molar-refractivity contribution in [2.75, 3.05) is 33.3 Å². The molecular formula is C17H22BrN3O4S. The summed E-state index contributed by atoms with van der Waals surface area (Å²) >= 11 is 3.49. The number of methoxy groups -OCH3 is 1. The van der Waals surface area contributed by atoms with Crippen molar-refractivity contribution < 1.29 is 17.7 Å². The monoisotopic (exact) mass is 443 g/mol. The maximum absolute atomic E-state index is 12.9. The first kappa shape index (κ1) is 19.3. The van der Waals surface area contributed by atoms with Crippen molar-refractivity contribution >= 4 is 26.0 Å². The summed E-state index contributed by atoms with van der Waals surface area (Å²) in [4.78, 5) is 2.42. The van der Waals surface area contributed by atoms with Gasteiger partial charge in [-0.1, -0.05) is 21.1 Å². The highest BCUT2D eigenvalue weighted by atomic mass is 79.9. The summed E-state index contributed by atoms with van der Waals surface area (Å²) in [5.74, 6) is 1.17. The summed E-state index contributed by atoms with van der Waals surface area (Å²) in [5.41, 5.74) is 1.48. The van der Waals surface area contributed by atoms with Crippen molar-refractivity contribution in [1.29, 1.82) is 0 Å². The minimum atomic E-state index is -3.58. The summed E-state index contributed by atoms with van der Waals surface area (Å²) in [6.45, 7) is 6.16. The van der Waals surface area contributed by atoms with Crippen molar-refractivity contribution in [2.24, 2.45) is 0 Å². The van der Waals surface area contributed by atoms with Crippen LogP contribution in [0.2, 0.25) is 0 Å². The summed E-state index contributed by atoms with van der Waals surface area (Å²) < 4.78 is 38.7. The van der Waals surface area contributed by atoms with Crippen molar-refractivity contribution in [3.63, 3.8) is 0 Å². The molecule has 26 heavy (non-hydrogen) atoms. The van der Waals surface area contributed by atoms with E-state index in [9.17, 15) is 8.42 Å². The number of halogens is 1. The number of ether oxygens (including phenoxy) is 1. The molecule has 0 atom stereocenters. The summed E-state index contributed by atoms with van der Waals surface area (Å²) in [7, 11) is -1.92. The Morgan fingerprint density at radius 3 is 2.50 bits per heavy atom. The van der Waals surface area contributed by atoms with Crippen LogP contribution in [0.25, 0.3) is 0 Å². The Labute approximate surface area is 162 Å². The zero-order valence-corrected chi connectivity index (χ0v) is 17.4.